The number of amides is 4. The lowest BCUT2D eigenvalue weighted by molar-refractivity contribution is -0.432. The Morgan fingerprint density at radius 2 is 0.768 bits per heavy atom. The quantitative estimate of drug-likeness (QED) is 0.00454. The van der Waals surface area contributed by atoms with E-state index in [2.05, 4.69) is 156 Å². The van der Waals surface area contributed by atoms with Crippen LogP contribution in [0, 0.1) is 47.5 Å². The number of nitrogen functional groups attached to an aromatic ring is 1. The number of carbonyl (C=O) groups excluding carboxylic acids is 5. The van der Waals surface area contributed by atoms with E-state index in [0.717, 1.165) is 55.3 Å². The average molecular weight is 2290 g/mol. The number of halogens is 7. The summed E-state index contributed by atoms with van der Waals surface area (Å²) in [6.07, 6.45) is 8.72. The van der Waals surface area contributed by atoms with Crippen molar-refractivity contribution < 1.29 is 99.2 Å². The first-order valence-corrected chi connectivity index (χ1v) is 67.1. The lowest BCUT2D eigenvalue weighted by Crippen LogP contribution is -2.46. The molecular weight excluding hydrogens is 2150 g/mol. The van der Waals surface area contributed by atoms with E-state index in [9.17, 15) is 46.6 Å². The molecule has 4 fully saturated rings. The number of hydrogen-bond donors (Lipinski definition) is 3. The van der Waals surface area contributed by atoms with E-state index in [0.29, 0.717) is 90.6 Å². The number of aliphatic hydroxyl groups is 1. The third-order valence-electron chi connectivity index (χ3n) is 22.9. The Morgan fingerprint density at radius 1 is 0.478 bits per heavy atom. The molecular formula is C92H144Br3F4N13O17S5Si4. The first kappa shape index (κ1) is 120. The van der Waals surface area contributed by atoms with Crippen molar-refractivity contribution >= 4 is 196 Å². The van der Waals surface area contributed by atoms with Gasteiger partial charge in [-0.2, -0.15) is 17.6 Å². The highest BCUT2D eigenvalue weighted by molar-refractivity contribution is 9.11. The number of pyridine rings is 4. The van der Waals surface area contributed by atoms with E-state index in [1.165, 1.54) is 79.7 Å². The normalized spacial score (nSPS) is 25.0. The van der Waals surface area contributed by atoms with Crippen LogP contribution in [0.2, 0.25) is 103 Å². The summed E-state index contributed by atoms with van der Waals surface area (Å²) in [5.74, 6) is -2.36. The lowest BCUT2D eigenvalue weighted by atomic mass is 9.87. The number of ether oxygens (including phenoxy) is 8. The number of rotatable bonds is 28. The molecule has 4 amide bonds. The summed E-state index contributed by atoms with van der Waals surface area (Å²) in [4.78, 5) is 105. The minimum Gasteiger partial charge on any atom is -0.443 e. The van der Waals surface area contributed by atoms with Crippen LogP contribution < -0.4 is 5.73 Å². The molecule has 0 aromatic carbocycles. The molecule has 8 heterocycles. The molecule has 46 heteroatoms. The molecule has 12 rings (SSSR count). The van der Waals surface area contributed by atoms with E-state index in [1.54, 1.807) is 90.7 Å². The van der Waals surface area contributed by atoms with E-state index in [-0.39, 0.29) is 85.9 Å². The molecule has 138 heavy (non-hydrogen) atoms. The van der Waals surface area contributed by atoms with Crippen molar-refractivity contribution in [3.63, 3.8) is 0 Å². The third-order valence-corrected chi connectivity index (χ3v) is 36.8. The van der Waals surface area contributed by atoms with Gasteiger partial charge in [-0.05, 0) is 233 Å². The SMILES string of the molecule is C.CC(C)(C)OC(=O)N(COCC[Si](C)(C)C)C1=N[C@](C)(c2cc(Br)cnc2F)[C@@H]2C[C@@H]2S1.CC(C)(C)OC(=O)N(COCC[Si](C)(C)C)C1=N[C@](C)(c2cc(Br)cnc2F)[C@@H]2C[C@]2(C=O)S1.CC(C)(C)OC(=O)N(COCC[Si](C)(C)C)C1=N[C@](C)(c2cc(Br)cnc2F)[C@@H]2C[C@]2(CO)S1.CC(C)(C)OC(=O)N(COCC[Si](C)(C)C)C1=N[C@](C)(c2cc(N)cnc2F)[C@@H]2C[C@@H]2S1.CSOOO. The molecule has 4 aliphatic carbocycles. The molecule has 4 saturated carbocycles. The molecule has 0 spiro atoms. The molecule has 30 nitrogen and oxygen atoms in total. The predicted octanol–water partition coefficient (Wildman–Crippen LogP) is 24.0. The zero-order valence-electron chi connectivity index (χ0n) is 84.3. The Bertz CT molecular complexity index is 4910. The number of anilines is 1. The van der Waals surface area contributed by atoms with Gasteiger partial charge in [0.15, 0.2) is 20.7 Å². The highest BCUT2D eigenvalue weighted by atomic mass is 79.9. The fourth-order valence-corrected chi connectivity index (χ4v) is 25.1. The van der Waals surface area contributed by atoms with Crippen molar-refractivity contribution in [2.24, 2.45) is 43.6 Å². The molecule has 0 unspecified atom stereocenters. The summed E-state index contributed by atoms with van der Waals surface area (Å²) in [5.41, 5.74) is 1.12. The van der Waals surface area contributed by atoms with Crippen LogP contribution in [0.3, 0.4) is 0 Å². The van der Waals surface area contributed by atoms with Gasteiger partial charge in [0.1, 0.15) is 55.6 Å². The molecule has 4 N–H and O–H groups in total. The van der Waals surface area contributed by atoms with Crippen molar-refractivity contribution in [2.75, 3.05) is 71.9 Å². The van der Waals surface area contributed by atoms with Crippen molar-refractivity contribution in [1.82, 2.24) is 39.5 Å². The number of hydrogen-bond acceptors (Lipinski definition) is 31. The van der Waals surface area contributed by atoms with Crippen LogP contribution in [-0.2, 0) is 74.2 Å². The standard InChI is InChI=1S/C23H35BrFN3O4SSi.C23H33BrFN3O4SSi.C22H33BrFN3O3SSi.C22H35FN4O3SSi.CH4O3S.CH4/c2*1-21(2,3)32-20(30)28(14-31-8-9-34(5,6)7)19-27-22(4,17-11-23(17,13-29)33-19)16-10-15(24)12-26-18(16)25;1-21(2,3)30-20(28)27(13-29-8-9-32(5,6)7)19-26-22(4,15-11-17(15)31-19)16-10-14(23)12-25-18(16)24;1-21(2,3)30-20(28)27(13-29-8-9-32(5,6)7)19-26-22(4,15-11-17(15)31-19)16-10-14(24)12-25-18(16)23;1-5-4-3-2;/h10,12,17,29H,8-9,11,13-14H2,1-7H3;10,12-13,17H,8-9,11,14H2,1-7H3;10,12,15,17H,8-9,11,13H2,1-7H3;10,12,15,17H,8-9,11,13,24H2,1-7H3;2H,1H3;1H4/t2*17-,22+,23+;2*15-,17+,22+;;/m0011../s1. The Morgan fingerprint density at radius 3 is 1.06 bits per heavy atom. The molecule has 774 valence electrons. The zero-order valence-corrected chi connectivity index (χ0v) is 97.2. The van der Waals surface area contributed by atoms with Gasteiger partial charge in [-0.3, -0.25) is 20.0 Å². The Hall–Kier alpha value is -4.71. The minimum atomic E-state index is -1.33. The molecule has 4 aromatic heterocycles. The van der Waals surface area contributed by atoms with Crippen molar-refractivity contribution in [1.29, 1.82) is 0 Å². The van der Waals surface area contributed by atoms with Gasteiger partial charge in [0, 0.05) is 165 Å². The molecule has 4 aromatic rings. The third kappa shape index (κ3) is 34.2. The largest absolute Gasteiger partial charge is 0.443 e. The maximum atomic E-state index is 14.9. The van der Waals surface area contributed by atoms with Crippen molar-refractivity contribution in [3.8, 4) is 0 Å². The number of fused-ring (bicyclic) bond motifs is 4. The van der Waals surface area contributed by atoms with Crippen LogP contribution in [-0.4, -0.2) is 242 Å². The number of aliphatic hydroxyl groups excluding tert-OH is 1. The summed E-state index contributed by atoms with van der Waals surface area (Å²) < 4.78 is 110. The first-order valence-electron chi connectivity index (χ1n) is 45.4. The van der Waals surface area contributed by atoms with E-state index < -0.39 is 135 Å². The van der Waals surface area contributed by atoms with Crippen LogP contribution in [0.4, 0.5) is 42.4 Å². The Balaban J connectivity index is 0.000000246. The lowest BCUT2D eigenvalue weighted by Gasteiger charge is -2.37. The Kier molecular flexibility index (Phi) is 41.7. The summed E-state index contributed by atoms with van der Waals surface area (Å²) in [6, 6.07) is 10.5. The van der Waals surface area contributed by atoms with E-state index in [1.807, 2.05) is 62.3 Å². The second-order valence-corrected chi connectivity index (χ2v) is 75.4. The molecule has 12 atom stereocenters. The molecule has 0 saturated heterocycles. The number of nitrogens with two attached hydrogens (primary N) is 1. The number of amidine groups is 4. The fraction of sp³-hybridized carbons (Fsp3) is 0.685. The maximum absolute atomic E-state index is 14.9. The number of nitrogens with zero attached hydrogens (tertiary/aromatic N) is 12. The van der Waals surface area contributed by atoms with Crippen LogP contribution in [0.5, 0.6) is 0 Å². The van der Waals surface area contributed by atoms with E-state index >= 15 is 0 Å². The fourth-order valence-electron chi connectivity index (χ4n) is 15.0. The zero-order chi connectivity index (χ0) is 103. The average Bonchev–Trinajstić information content (AvgIpc) is 1.53. The van der Waals surface area contributed by atoms with Crippen LogP contribution in [0.15, 0.2) is 82.4 Å². The monoisotopic (exact) mass is 2290 g/mol. The topological polar surface area (TPSA) is 358 Å². The molecule has 0 radical (unpaired) electrons. The van der Waals surface area contributed by atoms with Gasteiger partial charge < -0.3 is 53.5 Å². The summed E-state index contributed by atoms with van der Waals surface area (Å²) in [7, 11) is -5.18. The summed E-state index contributed by atoms with van der Waals surface area (Å²) >= 11 is 16.7. The van der Waals surface area contributed by atoms with Crippen LogP contribution >= 0.6 is 107 Å². The van der Waals surface area contributed by atoms with Crippen LogP contribution in [0.25, 0.3) is 0 Å². The Labute approximate surface area is 863 Å². The van der Waals surface area contributed by atoms with Gasteiger partial charge in [0.2, 0.25) is 23.8 Å². The van der Waals surface area contributed by atoms with Crippen molar-refractivity contribution in [3.05, 3.63) is 109 Å². The smallest absolute Gasteiger partial charge is 0.418 e. The molecule has 8 aliphatic rings. The second-order valence-electron chi connectivity index (χ2n) is 44.6. The second kappa shape index (κ2) is 47.9. The van der Waals surface area contributed by atoms with Gasteiger partial charge in [-0.1, -0.05) is 138 Å². The van der Waals surface area contributed by atoms with Crippen molar-refractivity contribution in [2.45, 2.75) is 311 Å². The first-order chi connectivity index (χ1) is 63.0. The summed E-state index contributed by atoms with van der Waals surface area (Å²) in [5, 5.41) is 22.9. The van der Waals surface area contributed by atoms with E-state index in [4.69, 9.17) is 68.9 Å². The predicted molar refractivity (Wildman–Crippen MR) is 566 cm³/mol. The van der Waals surface area contributed by atoms with Gasteiger partial charge in [0.25, 0.3) is 0 Å². The minimum absolute atomic E-state index is 0. The van der Waals surface area contributed by atoms with Gasteiger partial charge in [-0.25, -0.2) is 64.0 Å². The van der Waals surface area contributed by atoms with Gasteiger partial charge in [0.05, 0.1) is 50.1 Å². The highest BCUT2D eigenvalue weighted by Crippen LogP contribution is 2.68. The van der Waals surface area contributed by atoms with Crippen LogP contribution in [0.1, 0.15) is 166 Å². The van der Waals surface area contributed by atoms with Gasteiger partial charge >= 0.3 is 24.4 Å². The number of aldehydes is 1. The number of carbonyl (C=O) groups is 5. The maximum Gasteiger partial charge on any atom is 0.418 e. The number of thioether (sulfide) groups is 4. The highest BCUT2D eigenvalue weighted by Gasteiger charge is 2.70. The number of aliphatic imine (C=N–C) groups is 4. The molecule has 4 aliphatic heterocycles. The van der Waals surface area contributed by atoms with Gasteiger partial charge in [-0.15, -0.1) is 4.33 Å². The molecule has 0 bridgehead atoms. The summed E-state index contributed by atoms with van der Waals surface area (Å²) in [6.45, 7) is 58.3. The number of aromatic nitrogens is 4.